The Hall–Kier alpha value is -1.07. The number of aliphatic hydroxyl groups excluding tert-OH is 1. The van der Waals surface area contributed by atoms with Crippen molar-refractivity contribution in [2.24, 2.45) is 0 Å². The van der Waals surface area contributed by atoms with E-state index in [9.17, 15) is 18.3 Å². The summed E-state index contributed by atoms with van der Waals surface area (Å²) in [6.45, 7) is 1.79. The first-order valence-electron chi connectivity index (χ1n) is 6.56. The minimum atomic E-state index is -1.43. The lowest BCUT2D eigenvalue weighted by molar-refractivity contribution is 0.114. The molecule has 2 nitrogen and oxygen atoms in total. The van der Waals surface area contributed by atoms with Gasteiger partial charge >= 0.3 is 0 Å². The number of aliphatic hydroxyl groups is 1. The van der Waals surface area contributed by atoms with Gasteiger partial charge in [-0.05, 0) is 50.3 Å². The number of rotatable bonds is 3. The summed E-state index contributed by atoms with van der Waals surface area (Å²) in [5, 5.41) is 12.7. The summed E-state index contributed by atoms with van der Waals surface area (Å²) in [6.07, 6.45) is 2.89. The zero-order chi connectivity index (χ0) is 14.0. The van der Waals surface area contributed by atoms with Gasteiger partial charge in [0.1, 0.15) is 0 Å². The van der Waals surface area contributed by atoms with Crippen LogP contribution in [0.25, 0.3) is 0 Å². The normalized spacial score (nSPS) is 25.3. The van der Waals surface area contributed by atoms with Crippen LogP contribution in [0.2, 0.25) is 0 Å². The largest absolute Gasteiger partial charge is 0.393 e. The van der Waals surface area contributed by atoms with E-state index in [-0.39, 0.29) is 18.2 Å². The SMILES string of the molecule is CC(NC1CCC(O)CC1)c1cc(F)c(F)c(F)c1. The van der Waals surface area contributed by atoms with Gasteiger partial charge < -0.3 is 10.4 Å². The monoisotopic (exact) mass is 273 g/mol. The topological polar surface area (TPSA) is 32.3 Å². The molecule has 1 saturated carbocycles. The van der Waals surface area contributed by atoms with E-state index in [2.05, 4.69) is 5.32 Å². The number of hydrogen-bond donors (Lipinski definition) is 2. The van der Waals surface area contributed by atoms with Crippen LogP contribution < -0.4 is 5.32 Å². The number of hydrogen-bond acceptors (Lipinski definition) is 2. The highest BCUT2D eigenvalue weighted by Crippen LogP contribution is 2.23. The molecule has 1 aliphatic carbocycles. The molecule has 0 aliphatic heterocycles. The zero-order valence-electron chi connectivity index (χ0n) is 10.8. The van der Waals surface area contributed by atoms with E-state index in [4.69, 9.17) is 0 Å². The Morgan fingerprint density at radius 1 is 1.11 bits per heavy atom. The summed E-state index contributed by atoms with van der Waals surface area (Å²) in [5.74, 6) is -3.76. The third kappa shape index (κ3) is 3.48. The van der Waals surface area contributed by atoms with Crippen LogP contribution in [0.5, 0.6) is 0 Å². The zero-order valence-corrected chi connectivity index (χ0v) is 10.8. The van der Waals surface area contributed by atoms with Gasteiger partial charge in [0.15, 0.2) is 17.5 Å². The van der Waals surface area contributed by atoms with Crippen molar-refractivity contribution < 1.29 is 18.3 Å². The number of benzene rings is 1. The van der Waals surface area contributed by atoms with Crippen LogP contribution in [-0.2, 0) is 0 Å². The van der Waals surface area contributed by atoms with Crippen LogP contribution >= 0.6 is 0 Å². The smallest absolute Gasteiger partial charge is 0.194 e. The van der Waals surface area contributed by atoms with Crippen LogP contribution in [0.15, 0.2) is 12.1 Å². The molecule has 0 spiro atoms. The maximum Gasteiger partial charge on any atom is 0.194 e. The predicted octanol–water partition coefficient (Wildman–Crippen LogP) is 3.06. The van der Waals surface area contributed by atoms with Crippen LogP contribution in [-0.4, -0.2) is 17.3 Å². The molecule has 2 rings (SSSR count). The minimum absolute atomic E-state index is 0.217. The molecule has 1 atom stereocenters. The Labute approximate surface area is 110 Å². The highest BCUT2D eigenvalue weighted by molar-refractivity contribution is 5.22. The fourth-order valence-electron chi connectivity index (χ4n) is 2.52. The first-order chi connectivity index (χ1) is 8.97. The van der Waals surface area contributed by atoms with Gasteiger partial charge in [0.2, 0.25) is 0 Å². The van der Waals surface area contributed by atoms with Gasteiger partial charge in [-0.2, -0.15) is 0 Å². The third-order valence-electron chi connectivity index (χ3n) is 3.69. The van der Waals surface area contributed by atoms with Gasteiger partial charge in [0, 0.05) is 12.1 Å². The lowest BCUT2D eigenvalue weighted by Gasteiger charge is -2.29. The highest BCUT2D eigenvalue weighted by Gasteiger charge is 2.22. The fraction of sp³-hybridized carbons (Fsp3) is 0.571. The van der Waals surface area contributed by atoms with Gasteiger partial charge in [-0.3, -0.25) is 0 Å². The van der Waals surface area contributed by atoms with Crippen molar-refractivity contribution in [3.8, 4) is 0 Å². The van der Waals surface area contributed by atoms with E-state index in [0.29, 0.717) is 5.56 Å². The van der Waals surface area contributed by atoms with E-state index >= 15 is 0 Å². The molecule has 0 amide bonds. The van der Waals surface area contributed by atoms with Crippen LogP contribution in [0.4, 0.5) is 13.2 Å². The second-order valence-electron chi connectivity index (χ2n) is 5.19. The first-order valence-corrected chi connectivity index (χ1v) is 6.56. The molecular weight excluding hydrogens is 255 g/mol. The van der Waals surface area contributed by atoms with Crippen molar-refractivity contribution in [2.75, 3.05) is 0 Å². The molecule has 1 aromatic rings. The van der Waals surface area contributed by atoms with E-state index in [1.54, 1.807) is 6.92 Å². The van der Waals surface area contributed by atoms with Crippen LogP contribution in [0, 0.1) is 17.5 Å². The molecule has 0 radical (unpaired) electrons. The molecule has 0 aromatic heterocycles. The van der Waals surface area contributed by atoms with E-state index in [1.165, 1.54) is 0 Å². The fourth-order valence-corrected chi connectivity index (χ4v) is 2.52. The molecule has 1 fully saturated rings. The van der Waals surface area contributed by atoms with Crippen molar-refractivity contribution >= 4 is 0 Å². The summed E-state index contributed by atoms with van der Waals surface area (Å²) in [4.78, 5) is 0. The summed E-state index contributed by atoms with van der Waals surface area (Å²) in [6, 6.07) is 2.00. The molecule has 1 unspecified atom stereocenters. The summed E-state index contributed by atoms with van der Waals surface area (Å²) in [7, 11) is 0. The Balaban J connectivity index is 2.02. The van der Waals surface area contributed by atoms with Gasteiger partial charge in [-0.25, -0.2) is 13.2 Å². The molecule has 0 saturated heterocycles. The summed E-state index contributed by atoms with van der Waals surface area (Å²) in [5.41, 5.74) is 0.391. The molecular formula is C14H18F3NO. The second kappa shape index (κ2) is 5.92. The quantitative estimate of drug-likeness (QED) is 0.830. The van der Waals surface area contributed by atoms with Gasteiger partial charge in [0.25, 0.3) is 0 Å². The van der Waals surface area contributed by atoms with Crippen molar-refractivity contribution in [2.45, 2.75) is 50.8 Å². The van der Waals surface area contributed by atoms with Crippen LogP contribution in [0.1, 0.15) is 44.2 Å². The molecule has 5 heteroatoms. The molecule has 1 aliphatic rings. The highest BCUT2D eigenvalue weighted by atomic mass is 19.2. The van der Waals surface area contributed by atoms with Gasteiger partial charge in [-0.1, -0.05) is 0 Å². The third-order valence-corrected chi connectivity index (χ3v) is 3.69. The maximum absolute atomic E-state index is 13.2. The molecule has 2 N–H and O–H groups in total. The van der Waals surface area contributed by atoms with Crippen molar-refractivity contribution in [1.82, 2.24) is 5.32 Å². The summed E-state index contributed by atoms with van der Waals surface area (Å²) >= 11 is 0. The lowest BCUT2D eigenvalue weighted by atomic mass is 9.92. The predicted molar refractivity (Wildman–Crippen MR) is 66.1 cm³/mol. The van der Waals surface area contributed by atoms with Crippen molar-refractivity contribution in [3.63, 3.8) is 0 Å². The Bertz CT molecular complexity index is 421. The van der Waals surface area contributed by atoms with E-state index < -0.39 is 17.5 Å². The average molecular weight is 273 g/mol. The molecule has 19 heavy (non-hydrogen) atoms. The van der Waals surface area contributed by atoms with Gasteiger partial charge in [0.05, 0.1) is 6.10 Å². The number of nitrogens with one attached hydrogen (secondary N) is 1. The Morgan fingerprint density at radius 3 is 2.16 bits per heavy atom. The van der Waals surface area contributed by atoms with Crippen molar-refractivity contribution in [1.29, 1.82) is 0 Å². The van der Waals surface area contributed by atoms with E-state index in [1.807, 2.05) is 0 Å². The Kier molecular flexibility index (Phi) is 4.47. The van der Waals surface area contributed by atoms with E-state index in [0.717, 1.165) is 37.8 Å². The minimum Gasteiger partial charge on any atom is -0.393 e. The first kappa shape index (κ1) is 14.3. The lowest BCUT2D eigenvalue weighted by Crippen LogP contribution is -2.36. The molecule has 1 aromatic carbocycles. The van der Waals surface area contributed by atoms with Crippen LogP contribution in [0.3, 0.4) is 0 Å². The maximum atomic E-state index is 13.2. The van der Waals surface area contributed by atoms with Crippen molar-refractivity contribution in [3.05, 3.63) is 35.1 Å². The number of halogens is 3. The van der Waals surface area contributed by atoms with Gasteiger partial charge in [-0.15, -0.1) is 0 Å². The molecule has 0 bridgehead atoms. The average Bonchev–Trinajstić information content (AvgIpc) is 2.38. The Morgan fingerprint density at radius 2 is 1.63 bits per heavy atom. The summed E-state index contributed by atoms with van der Waals surface area (Å²) < 4.78 is 39.2. The standard InChI is InChI=1S/C14H18F3NO/c1-8(18-10-2-4-11(19)5-3-10)9-6-12(15)14(17)13(16)7-9/h6-8,10-11,18-19H,2-5H2,1H3. The molecule has 106 valence electrons. The molecule has 0 heterocycles. The second-order valence-corrected chi connectivity index (χ2v) is 5.19.